The standard InChI is InChI=1S/C32H58N6S/c1-19-21(25-15-33-17-27-31(25)37-13-11-35-27)5-3-7-23(19)29-9-10-30(39-29)24-8-4-6-22(20(24)2)26-16-34-18-28-32(26)38-14-12-36-28/h19-38H,3-18H2,1-2H3. The van der Waals surface area contributed by atoms with E-state index in [9.17, 15) is 0 Å². The number of nitrogens with one attached hydrogen (secondary N) is 6. The first-order valence-corrected chi connectivity index (χ1v) is 18.1. The third-order valence-corrected chi connectivity index (χ3v) is 15.0. The zero-order chi connectivity index (χ0) is 26.3. The lowest BCUT2D eigenvalue weighted by molar-refractivity contribution is 0.0564. The molecule has 0 radical (unpaired) electrons. The normalized spacial score (nSPS) is 53.1. The lowest BCUT2D eigenvalue weighted by atomic mass is 9.63. The van der Waals surface area contributed by atoms with E-state index < -0.39 is 0 Å². The van der Waals surface area contributed by atoms with Gasteiger partial charge in [-0.3, -0.25) is 0 Å². The lowest BCUT2D eigenvalue weighted by Crippen LogP contribution is -2.68. The van der Waals surface area contributed by atoms with Crippen LogP contribution in [0, 0.1) is 47.3 Å². The molecule has 6 N–H and O–H groups in total. The summed E-state index contributed by atoms with van der Waals surface area (Å²) >= 11 is 2.49. The van der Waals surface area contributed by atoms with Crippen LogP contribution >= 0.6 is 11.8 Å². The molecule has 39 heavy (non-hydrogen) atoms. The Kier molecular flexibility index (Phi) is 8.86. The zero-order valence-corrected chi connectivity index (χ0v) is 25.6. The van der Waals surface area contributed by atoms with E-state index in [0.717, 1.165) is 97.1 Å². The molecule has 2 aliphatic carbocycles. The number of hydrogen-bond acceptors (Lipinski definition) is 7. The van der Waals surface area contributed by atoms with Gasteiger partial charge in [0.1, 0.15) is 0 Å². The minimum atomic E-state index is 0.630. The van der Waals surface area contributed by atoms with E-state index in [0.29, 0.717) is 24.2 Å². The Morgan fingerprint density at radius 3 is 1.38 bits per heavy atom. The second-order valence-corrected chi connectivity index (χ2v) is 16.2. The van der Waals surface area contributed by atoms with Crippen molar-refractivity contribution in [2.24, 2.45) is 47.3 Å². The van der Waals surface area contributed by atoms with Crippen LogP contribution in [0.1, 0.15) is 65.2 Å². The number of piperidine rings is 2. The fourth-order valence-corrected chi connectivity index (χ4v) is 13.3. The molecule has 2 saturated carbocycles. The van der Waals surface area contributed by atoms with Crippen LogP contribution in [-0.2, 0) is 0 Å². The smallest absolute Gasteiger partial charge is 0.0350 e. The van der Waals surface area contributed by atoms with Crippen molar-refractivity contribution in [2.75, 3.05) is 52.4 Å². The molecule has 0 amide bonds. The average Bonchev–Trinajstić information content (AvgIpc) is 3.47. The molecule has 7 aliphatic rings. The van der Waals surface area contributed by atoms with E-state index in [1.54, 1.807) is 0 Å². The molecular weight excluding hydrogens is 500 g/mol. The van der Waals surface area contributed by atoms with Crippen molar-refractivity contribution >= 4 is 11.8 Å². The molecule has 0 bridgehead atoms. The molecule has 0 aromatic heterocycles. The van der Waals surface area contributed by atoms with Crippen molar-refractivity contribution in [2.45, 2.75) is 99.9 Å². The Hall–Kier alpha value is 0.110. The average molecular weight is 559 g/mol. The van der Waals surface area contributed by atoms with Crippen LogP contribution in [0.5, 0.6) is 0 Å². The van der Waals surface area contributed by atoms with E-state index in [1.807, 2.05) is 0 Å². The quantitative estimate of drug-likeness (QED) is 0.317. The number of thioether (sulfide) groups is 1. The van der Waals surface area contributed by atoms with Crippen LogP contribution in [0.3, 0.4) is 0 Å². The fraction of sp³-hybridized carbons (Fsp3) is 1.00. The molecule has 14 unspecified atom stereocenters. The van der Waals surface area contributed by atoms with Crippen LogP contribution in [0.2, 0.25) is 0 Å². The van der Waals surface area contributed by atoms with Crippen LogP contribution in [0.4, 0.5) is 0 Å². The summed E-state index contributed by atoms with van der Waals surface area (Å²) in [7, 11) is 0. The Morgan fingerprint density at radius 1 is 0.462 bits per heavy atom. The number of fused-ring (bicyclic) bond motifs is 2. The molecule has 0 aromatic carbocycles. The summed E-state index contributed by atoms with van der Waals surface area (Å²) in [4.78, 5) is 0. The Bertz CT molecular complexity index is 746. The third-order valence-electron chi connectivity index (χ3n) is 13.1. The minimum absolute atomic E-state index is 0.630. The van der Waals surface area contributed by atoms with Gasteiger partial charge in [-0.15, -0.1) is 0 Å². The highest BCUT2D eigenvalue weighted by molar-refractivity contribution is 8.00. The minimum Gasteiger partial charge on any atom is -0.315 e. The van der Waals surface area contributed by atoms with Crippen LogP contribution < -0.4 is 31.9 Å². The first kappa shape index (κ1) is 27.9. The molecule has 7 rings (SSSR count). The molecule has 0 spiro atoms. The first-order valence-electron chi connectivity index (χ1n) is 17.2. The van der Waals surface area contributed by atoms with Crippen LogP contribution in [-0.4, -0.2) is 87.0 Å². The summed E-state index contributed by atoms with van der Waals surface area (Å²) in [6, 6.07) is 2.62. The molecule has 6 nitrogen and oxygen atoms in total. The summed E-state index contributed by atoms with van der Waals surface area (Å²) in [5.74, 6) is 6.98. The summed E-state index contributed by atoms with van der Waals surface area (Å²) in [5.41, 5.74) is 0. The van der Waals surface area contributed by atoms with Gasteiger partial charge in [-0.1, -0.05) is 26.7 Å². The van der Waals surface area contributed by atoms with Gasteiger partial charge >= 0.3 is 0 Å². The van der Waals surface area contributed by atoms with E-state index in [4.69, 9.17) is 0 Å². The van der Waals surface area contributed by atoms with Crippen molar-refractivity contribution in [3.05, 3.63) is 0 Å². The van der Waals surface area contributed by atoms with Gasteiger partial charge in [0.05, 0.1) is 0 Å². The van der Waals surface area contributed by atoms with Crippen molar-refractivity contribution in [3.63, 3.8) is 0 Å². The van der Waals surface area contributed by atoms with Gasteiger partial charge < -0.3 is 31.9 Å². The second kappa shape index (κ2) is 12.4. The number of rotatable bonds is 4. The highest BCUT2D eigenvalue weighted by atomic mass is 32.2. The van der Waals surface area contributed by atoms with E-state index >= 15 is 0 Å². The van der Waals surface area contributed by atoms with Crippen molar-refractivity contribution in [1.82, 2.24) is 31.9 Å². The van der Waals surface area contributed by atoms with Crippen molar-refractivity contribution < 1.29 is 0 Å². The maximum Gasteiger partial charge on any atom is 0.0350 e. The monoisotopic (exact) mass is 558 g/mol. The molecule has 0 aromatic rings. The number of hydrogen-bond donors (Lipinski definition) is 6. The molecule has 222 valence electrons. The zero-order valence-electron chi connectivity index (χ0n) is 24.8. The molecule has 5 aliphatic heterocycles. The van der Waals surface area contributed by atoms with Crippen molar-refractivity contribution in [3.8, 4) is 0 Å². The topological polar surface area (TPSA) is 72.2 Å². The van der Waals surface area contributed by atoms with E-state index in [-0.39, 0.29) is 0 Å². The Morgan fingerprint density at radius 2 is 0.897 bits per heavy atom. The lowest BCUT2D eigenvalue weighted by Gasteiger charge is -2.51. The van der Waals surface area contributed by atoms with Gasteiger partial charge in [0.2, 0.25) is 0 Å². The van der Waals surface area contributed by atoms with Crippen LogP contribution in [0.15, 0.2) is 0 Å². The maximum atomic E-state index is 3.96. The molecule has 7 fully saturated rings. The predicted molar refractivity (Wildman–Crippen MR) is 164 cm³/mol. The Labute approximate surface area is 242 Å². The largest absolute Gasteiger partial charge is 0.315 e. The first-order chi connectivity index (χ1) is 19.2. The van der Waals surface area contributed by atoms with E-state index in [2.05, 4.69) is 57.5 Å². The van der Waals surface area contributed by atoms with Crippen molar-refractivity contribution in [1.29, 1.82) is 0 Å². The molecule has 5 saturated heterocycles. The second-order valence-electron chi connectivity index (χ2n) is 14.8. The van der Waals surface area contributed by atoms with Gasteiger partial charge in [0.25, 0.3) is 0 Å². The summed E-state index contributed by atoms with van der Waals surface area (Å²) in [6.45, 7) is 14.6. The molecule has 7 heteroatoms. The Balaban J connectivity index is 0.992. The predicted octanol–water partition coefficient (Wildman–Crippen LogP) is 2.65. The third kappa shape index (κ3) is 5.49. The molecular formula is C32H58N6S. The molecule has 14 atom stereocenters. The maximum absolute atomic E-state index is 3.96. The summed E-state index contributed by atoms with van der Waals surface area (Å²) in [5, 5.41) is 25.0. The number of piperazine rings is 2. The van der Waals surface area contributed by atoms with Gasteiger partial charge in [0.15, 0.2) is 0 Å². The van der Waals surface area contributed by atoms with Crippen LogP contribution in [0.25, 0.3) is 0 Å². The summed E-state index contributed by atoms with van der Waals surface area (Å²) < 4.78 is 0. The van der Waals surface area contributed by atoms with Gasteiger partial charge in [-0.05, 0) is 99.0 Å². The van der Waals surface area contributed by atoms with Gasteiger partial charge in [-0.25, -0.2) is 0 Å². The fourth-order valence-electron chi connectivity index (χ4n) is 11.2. The van der Waals surface area contributed by atoms with E-state index in [1.165, 1.54) is 64.5 Å². The highest BCUT2D eigenvalue weighted by Crippen LogP contribution is 2.54. The summed E-state index contributed by atoms with van der Waals surface area (Å²) in [6.07, 6.45) is 11.8. The van der Waals surface area contributed by atoms with Gasteiger partial charge in [-0.2, -0.15) is 11.8 Å². The molecule has 5 heterocycles. The SMILES string of the molecule is CC1C(C2CCC(C3CCCC(C4CNCC5NCCNC54)C3C)S2)CCCC1C1CNCC2NCCNC21. The van der Waals surface area contributed by atoms with Gasteiger partial charge in [0, 0.05) is 73.9 Å². The highest BCUT2D eigenvalue weighted by Gasteiger charge is 2.49.